The van der Waals surface area contributed by atoms with Crippen molar-refractivity contribution in [3.8, 4) is 5.75 Å². The minimum Gasteiger partial charge on any atom is -0.493 e. The van der Waals surface area contributed by atoms with Gasteiger partial charge in [-0.3, -0.25) is 0 Å². The fraction of sp³-hybridized carbons (Fsp3) is 0.350. The minimum atomic E-state index is -3.58. The van der Waals surface area contributed by atoms with Gasteiger partial charge in [-0.2, -0.15) is 4.31 Å². The van der Waals surface area contributed by atoms with Gasteiger partial charge in [0.15, 0.2) is 0 Å². The Hall–Kier alpha value is -2.38. The number of benzene rings is 2. The van der Waals surface area contributed by atoms with Crippen molar-refractivity contribution in [3.05, 3.63) is 59.2 Å². The van der Waals surface area contributed by atoms with Crippen molar-refractivity contribution < 1.29 is 22.7 Å². The third-order valence-corrected chi connectivity index (χ3v) is 7.13. The molecule has 142 valence electrons. The molecule has 4 rings (SSSR count). The summed E-state index contributed by atoms with van der Waals surface area (Å²) < 4.78 is 37.6. The first-order valence-electron chi connectivity index (χ1n) is 8.93. The minimum absolute atomic E-state index is 0.181. The number of esters is 1. The SMILES string of the molecule is COC(=O)c1ccc(S(=O)(=O)N2CC[C@H](c3ccc4c(c3)CCO4)C2)cc1. The van der Waals surface area contributed by atoms with Crippen LogP contribution < -0.4 is 4.74 Å². The van der Waals surface area contributed by atoms with Crippen molar-refractivity contribution in [2.45, 2.75) is 23.7 Å². The summed E-state index contributed by atoms with van der Waals surface area (Å²) in [4.78, 5) is 11.7. The Morgan fingerprint density at radius 3 is 2.70 bits per heavy atom. The van der Waals surface area contributed by atoms with Crippen LogP contribution in [0.25, 0.3) is 0 Å². The standard InChI is InChI=1S/C20H21NO5S/c1-25-20(22)14-2-5-18(6-3-14)27(23,24)21-10-8-17(13-21)15-4-7-19-16(12-15)9-11-26-19/h2-7,12,17H,8-11,13H2,1H3/t17-/m0/s1. The lowest BCUT2D eigenvalue weighted by Gasteiger charge is -2.17. The van der Waals surface area contributed by atoms with Crippen molar-refractivity contribution in [1.82, 2.24) is 4.31 Å². The largest absolute Gasteiger partial charge is 0.493 e. The number of carbonyl (C=O) groups excluding carboxylic acids is 1. The van der Waals surface area contributed by atoms with Gasteiger partial charge in [0, 0.05) is 19.5 Å². The summed E-state index contributed by atoms with van der Waals surface area (Å²) in [5.41, 5.74) is 2.70. The number of rotatable bonds is 4. The van der Waals surface area contributed by atoms with Crippen LogP contribution in [0.2, 0.25) is 0 Å². The van der Waals surface area contributed by atoms with Gasteiger partial charge in [-0.05, 0) is 53.8 Å². The van der Waals surface area contributed by atoms with E-state index in [4.69, 9.17) is 4.74 Å². The molecule has 1 saturated heterocycles. The molecule has 2 aromatic carbocycles. The van der Waals surface area contributed by atoms with E-state index in [-0.39, 0.29) is 10.8 Å². The van der Waals surface area contributed by atoms with Crippen LogP contribution in [-0.4, -0.2) is 45.5 Å². The second kappa shape index (κ2) is 6.98. The number of fused-ring (bicyclic) bond motifs is 1. The molecule has 1 atom stereocenters. The molecule has 27 heavy (non-hydrogen) atoms. The van der Waals surface area contributed by atoms with Crippen LogP contribution in [0, 0.1) is 0 Å². The van der Waals surface area contributed by atoms with E-state index in [9.17, 15) is 13.2 Å². The molecule has 0 aliphatic carbocycles. The average molecular weight is 387 g/mol. The van der Waals surface area contributed by atoms with E-state index in [1.807, 2.05) is 12.1 Å². The van der Waals surface area contributed by atoms with Crippen molar-refractivity contribution in [2.24, 2.45) is 0 Å². The molecule has 0 spiro atoms. The molecule has 0 aromatic heterocycles. The zero-order chi connectivity index (χ0) is 19.0. The highest BCUT2D eigenvalue weighted by Gasteiger charge is 2.33. The lowest BCUT2D eigenvalue weighted by atomic mass is 9.96. The highest BCUT2D eigenvalue weighted by molar-refractivity contribution is 7.89. The summed E-state index contributed by atoms with van der Waals surface area (Å²) >= 11 is 0. The third-order valence-electron chi connectivity index (χ3n) is 5.25. The molecule has 2 aliphatic rings. The van der Waals surface area contributed by atoms with E-state index >= 15 is 0 Å². The van der Waals surface area contributed by atoms with Crippen molar-refractivity contribution in [2.75, 3.05) is 26.8 Å². The van der Waals surface area contributed by atoms with Crippen LogP contribution in [0.5, 0.6) is 5.75 Å². The van der Waals surface area contributed by atoms with Gasteiger partial charge in [-0.25, -0.2) is 13.2 Å². The van der Waals surface area contributed by atoms with Crippen molar-refractivity contribution in [1.29, 1.82) is 0 Å². The topological polar surface area (TPSA) is 72.9 Å². The van der Waals surface area contributed by atoms with E-state index in [1.54, 1.807) is 0 Å². The Kier molecular flexibility index (Phi) is 4.65. The quantitative estimate of drug-likeness (QED) is 0.754. The normalized spacial score (nSPS) is 19.5. The van der Waals surface area contributed by atoms with Crippen LogP contribution in [0.15, 0.2) is 47.4 Å². The zero-order valence-corrected chi connectivity index (χ0v) is 15.9. The molecule has 2 aliphatic heterocycles. The van der Waals surface area contributed by atoms with Crippen LogP contribution in [0.4, 0.5) is 0 Å². The molecule has 2 heterocycles. The summed E-state index contributed by atoms with van der Waals surface area (Å²) in [6, 6.07) is 12.0. The number of carbonyl (C=O) groups is 1. The highest BCUT2D eigenvalue weighted by atomic mass is 32.2. The zero-order valence-electron chi connectivity index (χ0n) is 15.1. The van der Waals surface area contributed by atoms with Crippen molar-refractivity contribution >= 4 is 16.0 Å². The summed E-state index contributed by atoms with van der Waals surface area (Å²) in [7, 11) is -2.29. The van der Waals surface area contributed by atoms with Gasteiger partial charge >= 0.3 is 5.97 Å². The maximum Gasteiger partial charge on any atom is 0.337 e. The Bertz CT molecular complexity index is 968. The molecule has 0 saturated carbocycles. The molecule has 1 fully saturated rings. The number of hydrogen-bond acceptors (Lipinski definition) is 5. The first kappa shape index (κ1) is 18.0. The van der Waals surface area contributed by atoms with E-state index in [0.29, 0.717) is 25.3 Å². The summed E-state index contributed by atoms with van der Waals surface area (Å²) in [6.07, 6.45) is 1.70. The number of hydrogen-bond donors (Lipinski definition) is 0. The van der Waals surface area contributed by atoms with Gasteiger partial charge in [-0.1, -0.05) is 12.1 Å². The van der Waals surface area contributed by atoms with Crippen LogP contribution >= 0.6 is 0 Å². The average Bonchev–Trinajstić information content (AvgIpc) is 3.36. The molecular formula is C20H21NO5S. The predicted molar refractivity (Wildman–Crippen MR) is 99.5 cm³/mol. The maximum absolute atomic E-state index is 12.9. The highest BCUT2D eigenvalue weighted by Crippen LogP contribution is 2.34. The fourth-order valence-corrected chi connectivity index (χ4v) is 5.21. The smallest absolute Gasteiger partial charge is 0.337 e. The van der Waals surface area contributed by atoms with Crippen LogP contribution in [-0.2, 0) is 21.2 Å². The van der Waals surface area contributed by atoms with Gasteiger partial charge in [0.1, 0.15) is 5.75 Å². The van der Waals surface area contributed by atoms with Crippen LogP contribution in [0.1, 0.15) is 33.8 Å². The molecule has 2 aromatic rings. The molecule has 0 bridgehead atoms. The van der Waals surface area contributed by atoms with E-state index in [0.717, 1.165) is 24.2 Å². The van der Waals surface area contributed by atoms with Gasteiger partial charge in [0.2, 0.25) is 10.0 Å². The Morgan fingerprint density at radius 1 is 1.19 bits per heavy atom. The van der Waals surface area contributed by atoms with Gasteiger partial charge in [0.05, 0.1) is 24.2 Å². The first-order valence-corrected chi connectivity index (χ1v) is 10.4. The molecule has 0 amide bonds. The number of sulfonamides is 1. The summed E-state index contributed by atoms with van der Waals surface area (Å²) in [6.45, 7) is 1.66. The summed E-state index contributed by atoms with van der Waals surface area (Å²) in [5.74, 6) is 0.632. The Balaban J connectivity index is 1.51. The molecule has 0 unspecified atom stereocenters. The molecule has 0 N–H and O–H groups in total. The lowest BCUT2D eigenvalue weighted by molar-refractivity contribution is 0.0600. The second-order valence-corrected chi connectivity index (χ2v) is 8.77. The maximum atomic E-state index is 12.9. The molecule has 0 radical (unpaired) electrons. The van der Waals surface area contributed by atoms with E-state index < -0.39 is 16.0 Å². The predicted octanol–water partition coefficient (Wildman–Crippen LogP) is 2.59. The van der Waals surface area contributed by atoms with Gasteiger partial charge in [0.25, 0.3) is 0 Å². The third kappa shape index (κ3) is 3.33. The van der Waals surface area contributed by atoms with E-state index in [2.05, 4.69) is 10.8 Å². The number of methoxy groups -OCH3 is 1. The molecule has 6 nitrogen and oxygen atoms in total. The Labute approximate surface area is 158 Å². The van der Waals surface area contributed by atoms with Gasteiger partial charge in [-0.15, -0.1) is 0 Å². The number of nitrogens with zero attached hydrogens (tertiary/aromatic N) is 1. The molecular weight excluding hydrogens is 366 g/mol. The fourth-order valence-electron chi connectivity index (χ4n) is 3.71. The summed E-state index contributed by atoms with van der Waals surface area (Å²) in [5, 5.41) is 0. The Morgan fingerprint density at radius 2 is 1.96 bits per heavy atom. The second-order valence-electron chi connectivity index (χ2n) is 6.83. The van der Waals surface area contributed by atoms with Crippen molar-refractivity contribution in [3.63, 3.8) is 0 Å². The lowest BCUT2D eigenvalue weighted by Crippen LogP contribution is -2.28. The number of ether oxygens (including phenoxy) is 2. The first-order chi connectivity index (χ1) is 13.0. The molecule has 7 heteroatoms. The van der Waals surface area contributed by atoms with Gasteiger partial charge < -0.3 is 9.47 Å². The van der Waals surface area contributed by atoms with E-state index in [1.165, 1.54) is 41.2 Å². The van der Waals surface area contributed by atoms with Crippen LogP contribution in [0.3, 0.4) is 0 Å². The monoisotopic (exact) mass is 387 g/mol.